The first-order chi connectivity index (χ1) is 8.68. The van der Waals surface area contributed by atoms with Gasteiger partial charge < -0.3 is 4.74 Å². The van der Waals surface area contributed by atoms with Gasteiger partial charge in [-0.3, -0.25) is 0 Å². The predicted octanol–water partition coefficient (Wildman–Crippen LogP) is 5.31. The number of fused-ring (bicyclic) bond motifs is 1. The normalized spacial score (nSPS) is 11.1. The second kappa shape index (κ2) is 6.10. The Labute approximate surface area is 114 Å². The number of halogens is 1. The topological polar surface area (TPSA) is 9.23 Å². The van der Waals surface area contributed by atoms with Crippen LogP contribution in [0.1, 0.15) is 26.7 Å². The van der Waals surface area contributed by atoms with Gasteiger partial charge in [0.25, 0.3) is 0 Å². The number of hydrogen-bond acceptors (Lipinski definition) is 1. The molecule has 0 saturated carbocycles. The van der Waals surface area contributed by atoms with Crippen molar-refractivity contribution < 1.29 is 4.74 Å². The van der Waals surface area contributed by atoms with E-state index in [1.54, 1.807) is 0 Å². The third-order valence-electron chi connectivity index (χ3n) is 3.01. The van der Waals surface area contributed by atoms with Gasteiger partial charge in [0.1, 0.15) is 5.75 Å². The summed E-state index contributed by atoms with van der Waals surface area (Å²) in [7, 11) is 0. The third kappa shape index (κ3) is 3.17. The molecule has 0 aromatic heterocycles. The van der Waals surface area contributed by atoms with Crippen molar-refractivity contribution in [3.05, 3.63) is 41.4 Å². The van der Waals surface area contributed by atoms with E-state index in [4.69, 9.17) is 16.3 Å². The van der Waals surface area contributed by atoms with Gasteiger partial charge in [0.2, 0.25) is 0 Å². The molecule has 18 heavy (non-hydrogen) atoms. The summed E-state index contributed by atoms with van der Waals surface area (Å²) in [5, 5.41) is 2.93. The quantitative estimate of drug-likeness (QED) is 0.664. The summed E-state index contributed by atoms with van der Waals surface area (Å²) < 4.78 is 5.87. The molecule has 0 radical (unpaired) electrons. The summed E-state index contributed by atoms with van der Waals surface area (Å²) in [5.41, 5.74) is 0. The van der Waals surface area contributed by atoms with Crippen LogP contribution in [0.3, 0.4) is 0 Å². The molecule has 2 aromatic rings. The predicted molar refractivity (Wildman–Crippen MR) is 78.5 cm³/mol. The van der Waals surface area contributed by atoms with Crippen molar-refractivity contribution in [3.8, 4) is 5.75 Å². The highest BCUT2D eigenvalue weighted by Gasteiger charge is 2.05. The summed E-state index contributed by atoms with van der Waals surface area (Å²) in [6.07, 6.45) is 2.29. The molecule has 0 N–H and O–H groups in total. The van der Waals surface area contributed by atoms with E-state index in [0.717, 1.165) is 40.5 Å². The zero-order valence-electron chi connectivity index (χ0n) is 10.9. The van der Waals surface area contributed by atoms with Crippen LogP contribution in [-0.4, -0.2) is 6.61 Å². The lowest BCUT2D eigenvalue weighted by atomic mass is 10.1. The second-order valence-corrected chi connectivity index (χ2v) is 5.38. The Morgan fingerprint density at radius 3 is 2.50 bits per heavy atom. The fraction of sp³-hybridized carbons (Fsp3) is 0.375. The average Bonchev–Trinajstić information content (AvgIpc) is 2.37. The van der Waals surface area contributed by atoms with E-state index in [0.29, 0.717) is 0 Å². The Morgan fingerprint density at radius 2 is 1.78 bits per heavy atom. The van der Waals surface area contributed by atoms with Gasteiger partial charge in [-0.15, -0.1) is 0 Å². The van der Waals surface area contributed by atoms with Crippen LogP contribution in [0.25, 0.3) is 10.8 Å². The molecule has 0 amide bonds. The highest BCUT2D eigenvalue weighted by atomic mass is 35.5. The van der Waals surface area contributed by atoms with Gasteiger partial charge in [-0.1, -0.05) is 49.7 Å². The van der Waals surface area contributed by atoms with Gasteiger partial charge in [0.05, 0.1) is 6.61 Å². The highest BCUT2D eigenvalue weighted by molar-refractivity contribution is 6.35. The number of benzene rings is 2. The maximum absolute atomic E-state index is 6.18. The molecule has 0 bridgehead atoms. The minimum atomic E-state index is 0.732. The first-order valence-corrected chi connectivity index (χ1v) is 6.86. The minimum absolute atomic E-state index is 0.732. The van der Waals surface area contributed by atoms with Gasteiger partial charge in [0.15, 0.2) is 0 Å². The molecule has 0 aliphatic rings. The number of rotatable bonds is 5. The van der Waals surface area contributed by atoms with Crippen LogP contribution < -0.4 is 4.74 Å². The lowest BCUT2D eigenvalue weighted by molar-refractivity contribution is 0.301. The zero-order valence-corrected chi connectivity index (χ0v) is 11.7. The second-order valence-electron chi connectivity index (χ2n) is 4.98. The highest BCUT2D eigenvalue weighted by Crippen LogP contribution is 2.31. The van der Waals surface area contributed by atoms with E-state index < -0.39 is 0 Å². The number of hydrogen-bond donors (Lipinski definition) is 0. The molecule has 0 atom stereocenters. The van der Waals surface area contributed by atoms with Crippen LogP contribution in [-0.2, 0) is 0 Å². The van der Waals surface area contributed by atoms with Crippen LogP contribution in [0.15, 0.2) is 36.4 Å². The van der Waals surface area contributed by atoms with Crippen LogP contribution in [0.2, 0.25) is 5.02 Å². The molecule has 2 rings (SSSR count). The lowest BCUT2D eigenvalue weighted by Gasteiger charge is -2.11. The summed E-state index contributed by atoms with van der Waals surface area (Å²) in [6, 6.07) is 12.0. The minimum Gasteiger partial charge on any atom is -0.493 e. The molecule has 0 heterocycles. The Kier molecular flexibility index (Phi) is 4.48. The van der Waals surface area contributed by atoms with Gasteiger partial charge in [-0.05, 0) is 30.9 Å². The summed E-state index contributed by atoms with van der Waals surface area (Å²) in [4.78, 5) is 0. The van der Waals surface area contributed by atoms with Crippen molar-refractivity contribution in [1.82, 2.24) is 0 Å². The Balaban J connectivity index is 2.11. The average molecular weight is 263 g/mol. The number of ether oxygens (including phenoxy) is 1. The molecule has 0 spiro atoms. The van der Waals surface area contributed by atoms with Crippen molar-refractivity contribution in [2.24, 2.45) is 5.92 Å². The zero-order chi connectivity index (χ0) is 13.0. The van der Waals surface area contributed by atoms with Crippen molar-refractivity contribution >= 4 is 22.4 Å². The van der Waals surface area contributed by atoms with E-state index in [1.165, 1.54) is 6.42 Å². The smallest absolute Gasteiger partial charge is 0.127 e. The van der Waals surface area contributed by atoms with Crippen LogP contribution in [0, 0.1) is 5.92 Å². The molecule has 2 aromatic carbocycles. The summed E-state index contributed by atoms with van der Waals surface area (Å²) in [6.45, 7) is 5.24. The first-order valence-electron chi connectivity index (χ1n) is 6.48. The van der Waals surface area contributed by atoms with E-state index in [1.807, 2.05) is 30.3 Å². The molecular weight excluding hydrogens is 244 g/mol. The van der Waals surface area contributed by atoms with E-state index in [2.05, 4.69) is 19.9 Å². The molecule has 0 unspecified atom stereocenters. The molecule has 1 nitrogen and oxygen atoms in total. The maximum Gasteiger partial charge on any atom is 0.127 e. The van der Waals surface area contributed by atoms with Gasteiger partial charge in [0, 0.05) is 15.8 Å². The maximum atomic E-state index is 6.18. The van der Waals surface area contributed by atoms with Crippen LogP contribution >= 0.6 is 11.6 Å². The lowest BCUT2D eigenvalue weighted by Crippen LogP contribution is -2.00. The van der Waals surface area contributed by atoms with Gasteiger partial charge in [-0.2, -0.15) is 0 Å². The molecule has 0 saturated heterocycles. The molecule has 2 heteroatoms. The standard InChI is InChI=1S/C16H19ClO/c1-12(2)6-5-11-18-16-10-9-15(17)13-7-3-4-8-14(13)16/h3-4,7-10,12H,5-6,11H2,1-2H3. The van der Waals surface area contributed by atoms with Crippen molar-refractivity contribution in [2.75, 3.05) is 6.61 Å². The molecule has 0 aliphatic heterocycles. The van der Waals surface area contributed by atoms with Crippen molar-refractivity contribution in [2.45, 2.75) is 26.7 Å². The van der Waals surface area contributed by atoms with Gasteiger partial charge >= 0.3 is 0 Å². The SMILES string of the molecule is CC(C)CCCOc1ccc(Cl)c2ccccc12. The van der Waals surface area contributed by atoms with Crippen molar-refractivity contribution in [3.63, 3.8) is 0 Å². The third-order valence-corrected chi connectivity index (χ3v) is 3.34. The van der Waals surface area contributed by atoms with Crippen LogP contribution in [0.4, 0.5) is 0 Å². The van der Waals surface area contributed by atoms with Gasteiger partial charge in [-0.25, -0.2) is 0 Å². The van der Waals surface area contributed by atoms with Crippen LogP contribution in [0.5, 0.6) is 5.75 Å². The van der Waals surface area contributed by atoms with E-state index in [9.17, 15) is 0 Å². The molecule has 0 fully saturated rings. The Hall–Kier alpha value is -1.21. The fourth-order valence-electron chi connectivity index (χ4n) is 2.03. The largest absolute Gasteiger partial charge is 0.493 e. The molecule has 0 aliphatic carbocycles. The summed E-state index contributed by atoms with van der Waals surface area (Å²) in [5.74, 6) is 1.66. The fourth-order valence-corrected chi connectivity index (χ4v) is 2.26. The van der Waals surface area contributed by atoms with E-state index >= 15 is 0 Å². The molecule has 96 valence electrons. The summed E-state index contributed by atoms with van der Waals surface area (Å²) >= 11 is 6.18. The first kappa shape index (κ1) is 13.2. The Bertz CT molecular complexity index is 519. The van der Waals surface area contributed by atoms with Crippen molar-refractivity contribution in [1.29, 1.82) is 0 Å². The monoisotopic (exact) mass is 262 g/mol. The van der Waals surface area contributed by atoms with E-state index in [-0.39, 0.29) is 0 Å². The Morgan fingerprint density at radius 1 is 1.06 bits per heavy atom. The molecular formula is C16H19ClO.